The van der Waals surface area contributed by atoms with Gasteiger partial charge in [0.05, 0.1) is 17.6 Å². The Morgan fingerprint density at radius 2 is 2.00 bits per heavy atom. The Hall–Kier alpha value is -1.70. The lowest BCUT2D eigenvalue weighted by Gasteiger charge is -2.13. The zero-order valence-electron chi connectivity index (χ0n) is 12.9. The van der Waals surface area contributed by atoms with E-state index in [2.05, 4.69) is 4.74 Å². The number of methoxy groups -OCH3 is 2. The fraction of sp³-hybridized carbons (Fsp3) is 0.312. The number of benzene rings is 1. The minimum atomic E-state index is -0.388. The molecule has 1 aliphatic heterocycles. The molecule has 0 spiro atoms. The predicted octanol–water partition coefficient (Wildman–Crippen LogP) is 2.71. The van der Waals surface area contributed by atoms with Crippen LogP contribution in [0.3, 0.4) is 0 Å². The standard InChI is InChI=1S/C16H17NO4S2/c1-20-9-3-8-17-14(18)13(23-16(17)22)10-11-4-6-12(7-5-11)15(19)21-2/h4-7,10H,3,8-9H2,1-2H3/b13-10+. The highest BCUT2D eigenvalue weighted by Gasteiger charge is 2.31. The van der Waals surface area contributed by atoms with Gasteiger partial charge in [-0.2, -0.15) is 0 Å². The smallest absolute Gasteiger partial charge is 0.337 e. The molecule has 1 fully saturated rings. The van der Waals surface area contributed by atoms with Gasteiger partial charge in [0, 0.05) is 20.3 Å². The van der Waals surface area contributed by atoms with Crippen molar-refractivity contribution in [1.29, 1.82) is 0 Å². The summed E-state index contributed by atoms with van der Waals surface area (Å²) in [6, 6.07) is 6.86. The Morgan fingerprint density at radius 3 is 2.61 bits per heavy atom. The monoisotopic (exact) mass is 351 g/mol. The number of thiocarbonyl (C=S) groups is 1. The van der Waals surface area contributed by atoms with Crippen molar-refractivity contribution in [3.8, 4) is 0 Å². The second-order valence-electron chi connectivity index (χ2n) is 4.79. The maximum atomic E-state index is 12.4. The summed E-state index contributed by atoms with van der Waals surface area (Å²) in [5, 5.41) is 0. The fourth-order valence-electron chi connectivity index (χ4n) is 2.04. The molecule has 1 amide bonds. The molecule has 1 saturated heterocycles. The first-order valence-electron chi connectivity index (χ1n) is 6.99. The van der Waals surface area contributed by atoms with Gasteiger partial charge in [0.25, 0.3) is 5.91 Å². The van der Waals surface area contributed by atoms with Crippen LogP contribution in [0.4, 0.5) is 0 Å². The number of carbonyl (C=O) groups excluding carboxylic acids is 2. The normalized spacial score (nSPS) is 16.3. The predicted molar refractivity (Wildman–Crippen MR) is 94.2 cm³/mol. The molecule has 0 atom stereocenters. The first kappa shape index (κ1) is 17.7. The van der Waals surface area contributed by atoms with Gasteiger partial charge < -0.3 is 9.47 Å². The Labute approximate surface area is 144 Å². The van der Waals surface area contributed by atoms with E-state index < -0.39 is 0 Å². The lowest BCUT2D eigenvalue weighted by Crippen LogP contribution is -2.29. The maximum Gasteiger partial charge on any atom is 0.337 e. The molecule has 122 valence electrons. The van der Waals surface area contributed by atoms with Gasteiger partial charge in [-0.1, -0.05) is 36.1 Å². The highest BCUT2D eigenvalue weighted by Crippen LogP contribution is 2.32. The number of nitrogens with zero attached hydrogens (tertiary/aromatic N) is 1. The molecule has 1 aliphatic rings. The van der Waals surface area contributed by atoms with Crippen molar-refractivity contribution in [3.05, 3.63) is 40.3 Å². The summed E-state index contributed by atoms with van der Waals surface area (Å²) >= 11 is 6.54. The first-order chi connectivity index (χ1) is 11.1. The summed E-state index contributed by atoms with van der Waals surface area (Å²) in [6.45, 7) is 1.14. The Bertz CT molecular complexity index is 640. The Kier molecular flexibility index (Phi) is 6.32. The topological polar surface area (TPSA) is 55.8 Å². The minimum absolute atomic E-state index is 0.0897. The molecule has 5 nitrogen and oxygen atoms in total. The number of hydrogen-bond donors (Lipinski definition) is 0. The van der Waals surface area contributed by atoms with Gasteiger partial charge in [0.2, 0.25) is 0 Å². The molecule has 0 unspecified atom stereocenters. The summed E-state index contributed by atoms with van der Waals surface area (Å²) in [5.41, 5.74) is 1.30. The minimum Gasteiger partial charge on any atom is -0.465 e. The van der Waals surface area contributed by atoms with Gasteiger partial charge in [0.15, 0.2) is 0 Å². The van der Waals surface area contributed by atoms with E-state index in [1.54, 1.807) is 42.4 Å². The number of ether oxygens (including phenoxy) is 2. The number of esters is 1. The second kappa shape index (κ2) is 8.24. The van der Waals surface area contributed by atoms with Crippen molar-refractivity contribution in [2.45, 2.75) is 6.42 Å². The quantitative estimate of drug-likeness (QED) is 0.340. The van der Waals surface area contributed by atoms with Gasteiger partial charge in [-0.15, -0.1) is 0 Å². The number of hydrogen-bond acceptors (Lipinski definition) is 6. The number of carbonyl (C=O) groups is 2. The van der Waals surface area contributed by atoms with Gasteiger partial charge >= 0.3 is 5.97 Å². The highest BCUT2D eigenvalue weighted by molar-refractivity contribution is 8.26. The van der Waals surface area contributed by atoms with Crippen LogP contribution in [0.2, 0.25) is 0 Å². The molecule has 1 aromatic carbocycles. The number of rotatable bonds is 6. The van der Waals surface area contributed by atoms with Crippen molar-refractivity contribution < 1.29 is 19.1 Å². The number of amides is 1. The Morgan fingerprint density at radius 1 is 1.30 bits per heavy atom. The second-order valence-corrected chi connectivity index (χ2v) is 6.47. The lowest BCUT2D eigenvalue weighted by atomic mass is 10.1. The summed E-state index contributed by atoms with van der Waals surface area (Å²) in [6.07, 6.45) is 2.51. The maximum absolute atomic E-state index is 12.4. The van der Waals surface area contributed by atoms with E-state index in [1.165, 1.54) is 18.9 Å². The third-order valence-electron chi connectivity index (χ3n) is 3.23. The van der Waals surface area contributed by atoms with E-state index in [1.807, 2.05) is 0 Å². The summed E-state index contributed by atoms with van der Waals surface area (Å²) < 4.78 is 10.2. The third-order valence-corrected chi connectivity index (χ3v) is 4.61. The van der Waals surface area contributed by atoms with Gasteiger partial charge in [-0.05, 0) is 30.2 Å². The summed E-state index contributed by atoms with van der Waals surface area (Å²) in [4.78, 5) is 25.9. The molecular weight excluding hydrogens is 334 g/mol. The van der Waals surface area contributed by atoms with E-state index in [-0.39, 0.29) is 11.9 Å². The van der Waals surface area contributed by atoms with E-state index in [9.17, 15) is 9.59 Å². The number of thioether (sulfide) groups is 1. The van der Waals surface area contributed by atoms with Crippen molar-refractivity contribution in [2.24, 2.45) is 0 Å². The van der Waals surface area contributed by atoms with Crippen LogP contribution < -0.4 is 0 Å². The van der Waals surface area contributed by atoms with Gasteiger partial charge in [0.1, 0.15) is 4.32 Å². The zero-order chi connectivity index (χ0) is 16.8. The molecular formula is C16H17NO4S2. The third kappa shape index (κ3) is 4.40. The van der Waals surface area contributed by atoms with E-state index in [0.29, 0.717) is 27.9 Å². The lowest BCUT2D eigenvalue weighted by molar-refractivity contribution is -0.122. The van der Waals surface area contributed by atoms with E-state index >= 15 is 0 Å². The molecule has 23 heavy (non-hydrogen) atoms. The van der Waals surface area contributed by atoms with Crippen LogP contribution >= 0.6 is 24.0 Å². The molecule has 0 radical (unpaired) electrons. The summed E-state index contributed by atoms with van der Waals surface area (Å²) in [5.74, 6) is -0.478. The van der Waals surface area contributed by atoms with Crippen LogP contribution in [-0.2, 0) is 14.3 Å². The van der Waals surface area contributed by atoms with E-state index in [0.717, 1.165) is 12.0 Å². The summed E-state index contributed by atoms with van der Waals surface area (Å²) in [7, 11) is 2.97. The molecule has 0 aliphatic carbocycles. The van der Waals surface area contributed by atoms with Crippen molar-refractivity contribution in [2.75, 3.05) is 27.4 Å². The van der Waals surface area contributed by atoms with Crippen LogP contribution in [0.5, 0.6) is 0 Å². The largest absolute Gasteiger partial charge is 0.465 e. The van der Waals surface area contributed by atoms with Crippen molar-refractivity contribution >= 4 is 46.3 Å². The Balaban J connectivity index is 2.09. The zero-order valence-corrected chi connectivity index (χ0v) is 14.5. The van der Waals surface area contributed by atoms with Crippen molar-refractivity contribution in [3.63, 3.8) is 0 Å². The highest BCUT2D eigenvalue weighted by atomic mass is 32.2. The van der Waals surface area contributed by atoms with Crippen LogP contribution in [0.15, 0.2) is 29.2 Å². The molecule has 7 heteroatoms. The van der Waals surface area contributed by atoms with Crippen LogP contribution in [0.25, 0.3) is 6.08 Å². The molecule has 0 saturated carbocycles. The fourth-order valence-corrected chi connectivity index (χ4v) is 3.35. The first-order valence-corrected chi connectivity index (χ1v) is 8.22. The average Bonchev–Trinajstić information content (AvgIpc) is 2.82. The molecule has 0 aromatic heterocycles. The van der Waals surface area contributed by atoms with Gasteiger partial charge in [-0.3, -0.25) is 9.69 Å². The van der Waals surface area contributed by atoms with Gasteiger partial charge in [-0.25, -0.2) is 4.79 Å². The molecule has 0 N–H and O–H groups in total. The molecule has 0 bridgehead atoms. The molecule has 1 heterocycles. The molecule has 2 rings (SSSR count). The van der Waals surface area contributed by atoms with Crippen LogP contribution in [-0.4, -0.2) is 48.5 Å². The average molecular weight is 351 g/mol. The van der Waals surface area contributed by atoms with E-state index in [4.69, 9.17) is 17.0 Å². The van der Waals surface area contributed by atoms with Crippen LogP contribution in [0, 0.1) is 0 Å². The van der Waals surface area contributed by atoms with Crippen LogP contribution in [0.1, 0.15) is 22.3 Å². The molecule has 1 aromatic rings. The SMILES string of the molecule is COCCCN1C(=O)/C(=C\c2ccc(C(=O)OC)cc2)SC1=S. The van der Waals surface area contributed by atoms with Crippen molar-refractivity contribution in [1.82, 2.24) is 4.90 Å².